The number of benzene rings is 5. The minimum Gasteiger partial charge on any atom is -0.454 e. The van der Waals surface area contributed by atoms with E-state index in [0.717, 1.165) is 27.3 Å². The zero-order chi connectivity index (χ0) is 29.9. The van der Waals surface area contributed by atoms with E-state index in [1.165, 1.54) is 0 Å². The van der Waals surface area contributed by atoms with Crippen molar-refractivity contribution >= 4 is 44.2 Å². The number of allylic oxidation sites excluding steroid dienone is 1. The van der Waals surface area contributed by atoms with Crippen LogP contribution >= 0.6 is 6.04 Å². The van der Waals surface area contributed by atoms with Crippen LogP contribution in [0.25, 0.3) is 5.70 Å². The van der Waals surface area contributed by atoms with Crippen LogP contribution in [0.3, 0.4) is 0 Å². The van der Waals surface area contributed by atoms with Crippen molar-refractivity contribution in [2.24, 2.45) is 0 Å². The second kappa shape index (κ2) is 12.2. The minimum atomic E-state index is -3.92. The van der Waals surface area contributed by atoms with Crippen molar-refractivity contribution in [1.82, 2.24) is 4.72 Å². The van der Waals surface area contributed by atoms with Gasteiger partial charge in [-0.2, -0.15) is 0 Å². The molecule has 43 heavy (non-hydrogen) atoms. The van der Waals surface area contributed by atoms with Gasteiger partial charge < -0.3 is 9.47 Å². The molecule has 1 atom stereocenters. The van der Waals surface area contributed by atoms with E-state index >= 15 is 0 Å². The number of rotatable bonds is 9. The van der Waals surface area contributed by atoms with Crippen LogP contribution in [0.5, 0.6) is 11.5 Å². The van der Waals surface area contributed by atoms with Crippen molar-refractivity contribution < 1.29 is 17.9 Å². The Hall–Kier alpha value is -4.16. The Balaban J connectivity index is 1.60. The van der Waals surface area contributed by atoms with Gasteiger partial charge in [-0.3, -0.25) is 4.72 Å². The third-order valence-corrected chi connectivity index (χ3v) is 14.1. The van der Waals surface area contributed by atoms with E-state index in [-0.39, 0.29) is 11.7 Å². The summed E-state index contributed by atoms with van der Waals surface area (Å²) >= 11 is 6.80. The van der Waals surface area contributed by atoms with Crippen molar-refractivity contribution in [3.05, 3.63) is 156 Å². The normalized spacial score (nSPS) is 13.8. The van der Waals surface area contributed by atoms with E-state index < -0.39 is 21.7 Å². The van der Waals surface area contributed by atoms with E-state index in [2.05, 4.69) is 29.0 Å². The summed E-state index contributed by atoms with van der Waals surface area (Å²) in [7, 11) is -3.92. The lowest BCUT2D eigenvalue weighted by atomic mass is 10.1. The average Bonchev–Trinajstić information content (AvgIpc) is 3.52. The van der Waals surface area contributed by atoms with Gasteiger partial charge in [0.1, 0.15) is 0 Å². The first-order chi connectivity index (χ1) is 20.8. The first-order valence-corrected chi connectivity index (χ1v) is 18.2. The van der Waals surface area contributed by atoms with Gasteiger partial charge in [0.15, 0.2) is 11.5 Å². The molecule has 0 unspecified atom stereocenters. The van der Waals surface area contributed by atoms with E-state index in [9.17, 15) is 8.42 Å². The summed E-state index contributed by atoms with van der Waals surface area (Å²) in [5.74, 6) is 1.31. The van der Waals surface area contributed by atoms with Gasteiger partial charge in [-0.1, -0.05) is 127 Å². The van der Waals surface area contributed by atoms with E-state index in [0.29, 0.717) is 17.2 Å². The molecular weight excluding hydrogens is 593 g/mol. The molecule has 0 aromatic heterocycles. The van der Waals surface area contributed by atoms with Crippen molar-refractivity contribution in [3.63, 3.8) is 0 Å². The summed E-state index contributed by atoms with van der Waals surface area (Å²) in [6.07, 6.45) is 1.99. The Bertz CT molecular complexity index is 1870. The SMILES string of the molecule is Cc1ccc(S(=O)(=O)N/C(=C\[C@H](c2ccc3c(c2)OCO3)P(=S)(c2ccccc2)c2ccccc2)c2ccccc2)cc1. The topological polar surface area (TPSA) is 64.6 Å². The third-order valence-electron chi connectivity index (χ3n) is 7.39. The van der Waals surface area contributed by atoms with Crippen LogP contribution < -0.4 is 24.8 Å². The maximum Gasteiger partial charge on any atom is 0.261 e. The Labute approximate surface area is 257 Å². The number of nitrogens with one attached hydrogen (secondary N) is 1. The maximum atomic E-state index is 13.8. The van der Waals surface area contributed by atoms with Gasteiger partial charge >= 0.3 is 0 Å². The Morgan fingerprint density at radius 3 is 1.93 bits per heavy atom. The summed E-state index contributed by atoms with van der Waals surface area (Å²) in [6, 6.07) is 39.7. The lowest BCUT2D eigenvalue weighted by Crippen LogP contribution is -2.25. The standard InChI is InChI=1S/C35H30NO4PS2/c1-26-17-20-31(21-18-26)43(37,38)36-32(27-11-5-2-6-12-27)24-35(28-19-22-33-34(23-28)40-25-39-33)41(42,29-13-7-3-8-14-29)30-15-9-4-10-16-30/h2-24,35-36H,25H2,1H3/b32-24-/t35-/m1/s1. The summed E-state index contributed by atoms with van der Waals surface area (Å²) in [4.78, 5) is 0.185. The minimum absolute atomic E-state index is 0.149. The Morgan fingerprint density at radius 1 is 0.767 bits per heavy atom. The van der Waals surface area contributed by atoms with Gasteiger partial charge in [-0.05, 0) is 59.0 Å². The molecule has 1 aliphatic rings. The fourth-order valence-corrected chi connectivity index (χ4v) is 10.6. The largest absolute Gasteiger partial charge is 0.454 e. The molecule has 0 bridgehead atoms. The van der Waals surface area contributed by atoms with Crippen LogP contribution in [0.2, 0.25) is 0 Å². The smallest absolute Gasteiger partial charge is 0.261 e. The van der Waals surface area contributed by atoms with Crippen molar-refractivity contribution in [2.75, 3.05) is 6.79 Å². The predicted molar refractivity (Wildman–Crippen MR) is 178 cm³/mol. The van der Waals surface area contributed by atoms with Crippen LogP contribution in [-0.2, 0) is 21.8 Å². The molecule has 0 saturated carbocycles. The number of fused-ring (bicyclic) bond motifs is 1. The van der Waals surface area contributed by atoms with Crippen molar-refractivity contribution in [3.8, 4) is 11.5 Å². The lowest BCUT2D eigenvalue weighted by Gasteiger charge is -2.32. The first kappa shape index (κ1) is 28.9. The molecule has 216 valence electrons. The molecular formula is C35H30NO4PS2. The van der Waals surface area contributed by atoms with Gasteiger partial charge in [-0.15, -0.1) is 0 Å². The fourth-order valence-electron chi connectivity index (χ4n) is 5.16. The molecule has 8 heteroatoms. The monoisotopic (exact) mass is 623 g/mol. The van der Waals surface area contributed by atoms with E-state index in [4.69, 9.17) is 21.3 Å². The van der Waals surface area contributed by atoms with Crippen molar-refractivity contribution in [2.45, 2.75) is 17.5 Å². The highest BCUT2D eigenvalue weighted by Gasteiger charge is 2.34. The highest BCUT2D eigenvalue weighted by Crippen LogP contribution is 2.59. The lowest BCUT2D eigenvalue weighted by molar-refractivity contribution is 0.174. The molecule has 0 saturated heterocycles. The zero-order valence-corrected chi connectivity index (χ0v) is 26.0. The molecule has 0 radical (unpaired) electrons. The molecule has 5 nitrogen and oxygen atoms in total. The summed E-state index contributed by atoms with van der Waals surface area (Å²) < 4.78 is 41.9. The van der Waals surface area contributed by atoms with Crippen LogP contribution in [0.15, 0.2) is 144 Å². The maximum absolute atomic E-state index is 13.8. The number of hydrogen-bond donors (Lipinski definition) is 1. The molecule has 5 aromatic rings. The van der Waals surface area contributed by atoms with Crippen LogP contribution in [0, 0.1) is 6.92 Å². The van der Waals surface area contributed by atoms with Gasteiger partial charge in [0.25, 0.3) is 10.0 Å². The number of sulfonamides is 1. The molecule has 0 aliphatic carbocycles. The highest BCUT2D eigenvalue weighted by atomic mass is 32.4. The third kappa shape index (κ3) is 6.02. The summed E-state index contributed by atoms with van der Waals surface area (Å²) in [5.41, 5.74) is 2.66. The van der Waals surface area contributed by atoms with Gasteiger partial charge in [0.05, 0.1) is 10.6 Å². The van der Waals surface area contributed by atoms with Crippen LogP contribution in [0.4, 0.5) is 0 Å². The van der Waals surface area contributed by atoms with Gasteiger partial charge in [-0.25, -0.2) is 8.42 Å². The molecule has 1 aliphatic heterocycles. The van der Waals surface area contributed by atoms with Crippen LogP contribution in [0.1, 0.15) is 22.3 Å². The second-order valence-corrected chi connectivity index (χ2v) is 16.6. The number of ether oxygens (including phenoxy) is 2. The van der Waals surface area contributed by atoms with Gasteiger partial charge in [0.2, 0.25) is 6.79 Å². The van der Waals surface area contributed by atoms with E-state index in [1.54, 1.807) is 24.3 Å². The zero-order valence-electron chi connectivity index (χ0n) is 23.5. The quantitative estimate of drug-likeness (QED) is 0.181. The molecule has 0 spiro atoms. The highest BCUT2D eigenvalue weighted by molar-refractivity contribution is 8.22. The number of aryl methyl sites for hydroxylation is 1. The molecule has 5 aromatic carbocycles. The van der Waals surface area contributed by atoms with Gasteiger partial charge in [0, 0.05) is 11.7 Å². The fraction of sp³-hybridized carbons (Fsp3) is 0.0857. The first-order valence-electron chi connectivity index (χ1n) is 13.8. The molecule has 0 fully saturated rings. The molecule has 0 amide bonds. The summed E-state index contributed by atoms with van der Waals surface area (Å²) in [5, 5.41) is 2.04. The van der Waals surface area contributed by atoms with Crippen molar-refractivity contribution in [1.29, 1.82) is 0 Å². The summed E-state index contributed by atoms with van der Waals surface area (Å²) in [6.45, 7) is 2.07. The Kier molecular flexibility index (Phi) is 8.22. The molecule has 1 heterocycles. The average molecular weight is 624 g/mol. The second-order valence-electron chi connectivity index (χ2n) is 10.3. The molecule has 1 N–H and O–H groups in total. The molecule has 6 rings (SSSR count). The van der Waals surface area contributed by atoms with E-state index in [1.807, 2.05) is 97.9 Å². The predicted octanol–water partition coefficient (Wildman–Crippen LogP) is 6.91. The number of hydrogen-bond acceptors (Lipinski definition) is 5. The Morgan fingerprint density at radius 2 is 1.33 bits per heavy atom. The van der Waals surface area contributed by atoms with Crippen LogP contribution in [-0.4, -0.2) is 15.2 Å².